The van der Waals surface area contributed by atoms with Crippen LogP contribution in [-0.2, 0) is 16.8 Å². The average molecular weight is 452 g/mol. The number of likely N-dealkylation sites (tertiary alicyclic amines) is 1. The maximum Gasteiger partial charge on any atom is 0.219 e. The minimum atomic E-state index is -0.254. The van der Waals surface area contributed by atoms with E-state index in [1.165, 1.54) is 17.7 Å². The van der Waals surface area contributed by atoms with E-state index in [2.05, 4.69) is 16.0 Å². The lowest BCUT2D eigenvalue weighted by Gasteiger charge is -2.50. The van der Waals surface area contributed by atoms with E-state index in [4.69, 9.17) is 4.74 Å². The van der Waals surface area contributed by atoms with Crippen molar-refractivity contribution < 1.29 is 19.0 Å². The summed E-state index contributed by atoms with van der Waals surface area (Å²) < 4.78 is 18.9. The molecule has 3 heterocycles. The molecule has 1 aromatic heterocycles. The van der Waals surface area contributed by atoms with Gasteiger partial charge in [0.15, 0.2) is 0 Å². The van der Waals surface area contributed by atoms with Crippen molar-refractivity contribution in [2.45, 2.75) is 37.8 Å². The predicted octanol–water partition coefficient (Wildman–Crippen LogP) is 3.74. The molecule has 6 nitrogen and oxygen atoms in total. The fraction of sp³-hybridized carbons (Fsp3) is 0.423. The maximum absolute atomic E-state index is 13.5. The first-order valence-corrected chi connectivity index (χ1v) is 11.5. The van der Waals surface area contributed by atoms with Crippen molar-refractivity contribution in [2.75, 3.05) is 33.4 Å². The second-order valence-corrected chi connectivity index (χ2v) is 9.34. The van der Waals surface area contributed by atoms with Crippen LogP contribution in [0.5, 0.6) is 5.75 Å². The number of piperidine rings is 1. The Morgan fingerprint density at radius 3 is 2.58 bits per heavy atom. The van der Waals surface area contributed by atoms with Crippen molar-refractivity contribution in [3.05, 3.63) is 65.1 Å². The van der Waals surface area contributed by atoms with Crippen LogP contribution in [0.2, 0.25) is 0 Å². The number of fused-ring (bicyclic) bond motifs is 4. The lowest BCUT2D eigenvalue weighted by molar-refractivity contribution is -0.130. The van der Waals surface area contributed by atoms with Gasteiger partial charge in [-0.1, -0.05) is 12.1 Å². The number of halogens is 1. The van der Waals surface area contributed by atoms with Crippen molar-refractivity contribution in [3.63, 3.8) is 0 Å². The number of aliphatic hydroxyl groups is 1. The van der Waals surface area contributed by atoms with Crippen LogP contribution in [-0.4, -0.2) is 59.1 Å². The molecule has 1 atom stereocenters. The zero-order valence-corrected chi connectivity index (χ0v) is 19.1. The van der Waals surface area contributed by atoms with Gasteiger partial charge in [-0.15, -0.1) is 0 Å². The number of carbonyl (C=O) groups excluding carboxylic acids is 1. The van der Waals surface area contributed by atoms with E-state index < -0.39 is 0 Å². The average Bonchev–Trinajstić information content (AvgIpc) is 3.20. The van der Waals surface area contributed by atoms with E-state index in [1.54, 1.807) is 26.2 Å². The molecule has 0 saturated carbocycles. The molecule has 5 rings (SSSR count). The van der Waals surface area contributed by atoms with Crippen molar-refractivity contribution in [1.29, 1.82) is 0 Å². The number of rotatable bonds is 4. The summed E-state index contributed by atoms with van der Waals surface area (Å²) in [5.74, 6) is 0.641. The van der Waals surface area contributed by atoms with E-state index in [-0.39, 0.29) is 29.8 Å². The maximum atomic E-state index is 13.5. The van der Waals surface area contributed by atoms with Gasteiger partial charge < -0.3 is 19.7 Å². The predicted molar refractivity (Wildman–Crippen MR) is 125 cm³/mol. The number of H-pyrrole nitrogens is 1. The highest BCUT2D eigenvalue weighted by atomic mass is 19.1. The van der Waals surface area contributed by atoms with Gasteiger partial charge in [-0.2, -0.15) is 0 Å². The van der Waals surface area contributed by atoms with Gasteiger partial charge in [0.1, 0.15) is 11.6 Å². The van der Waals surface area contributed by atoms with E-state index in [0.29, 0.717) is 19.6 Å². The van der Waals surface area contributed by atoms with Crippen molar-refractivity contribution in [3.8, 4) is 5.75 Å². The van der Waals surface area contributed by atoms with Gasteiger partial charge in [-0.05, 0) is 48.2 Å². The summed E-state index contributed by atoms with van der Waals surface area (Å²) in [6.45, 7) is 4.42. The third kappa shape index (κ3) is 3.79. The molecule has 1 amide bonds. The summed E-state index contributed by atoms with van der Waals surface area (Å²) in [5.41, 5.74) is 4.16. The molecule has 1 fully saturated rings. The fourth-order valence-electron chi connectivity index (χ4n) is 5.76. The molecule has 2 N–H and O–H groups in total. The van der Waals surface area contributed by atoms with Crippen LogP contribution in [0.25, 0.3) is 10.9 Å². The van der Waals surface area contributed by atoms with Crippen LogP contribution in [0.4, 0.5) is 4.39 Å². The fourth-order valence-corrected chi connectivity index (χ4v) is 5.76. The SMILES string of the molecule is COc1ccc2c3c([nH]c2c1)[C@@H](CO)N(Cc1ccc(F)cc1)CC31CCN(C(C)=O)CC1. The number of hydrogen-bond donors (Lipinski definition) is 2. The van der Waals surface area contributed by atoms with Crippen molar-refractivity contribution >= 4 is 16.8 Å². The summed E-state index contributed by atoms with van der Waals surface area (Å²) in [5, 5.41) is 11.6. The van der Waals surface area contributed by atoms with Crippen LogP contribution < -0.4 is 4.74 Å². The van der Waals surface area contributed by atoms with Crippen LogP contribution in [0.3, 0.4) is 0 Å². The molecular weight excluding hydrogens is 421 g/mol. The molecular formula is C26H30FN3O3. The van der Waals surface area contributed by atoms with Crippen LogP contribution in [0.15, 0.2) is 42.5 Å². The summed E-state index contributed by atoms with van der Waals surface area (Å²) in [6.07, 6.45) is 1.72. The summed E-state index contributed by atoms with van der Waals surface area (Å²) >= 11 is 0. The Balaban J connectivity index is 1.60. The molecule has 1 spiro atoms. The Morgan fingerprint density at radius 1 is 1.21 bits per heavy atom. The van der Waals surface area contributed by atoms with E-state index >= 15 is 0 Å². The number of benzene rings is 2. The quantitative estimate of drug-likeness (QED) is 0.634. The first kappa shape index (κ1) is 21.9. The zero-order valence-electron chi connectivity index (χ0n) is 19.1. The first-order chi connectivity index (χ1) is 15.9. The van der Waals surface area contributed by atoms with Crippen LogP contribution in [0.1, 0.15) is 42.6 Å². The topological polar surface area (TPSA) is 68.8 Å². The number of aliphatic hydroxyl groups excluding tert-OH is 1. The van der Waals surface area contributed by atoms with E-state index in [0.717, 1.165) is 47.3 Å². The van der Waals surface area contributed by atoms with Gasteiger partial charge in [0.05, 0.1) is 19.8 Å². The Labute approximate surface area is 193 Å². The Hall–Kier alpha value is -2.90. The molecule has 0 bridgehead atoms. The van der Waals surface area contributed by atoms with Crippen molar-refractivity contribution in [2.24, 2.45) is 0 Å². The second kappa shape index (κ2) is 8.47. The first-order valence-electron chi connectivity index (χ1n) is 11.5. The Morgan fingerprint density at radius 2 is 1.94 bits per heavy atom. The Kier molecular flexibility index (Phi) is 5.62. The highest BCUT2D eigenvalue weighted by Gasteiger charge is 2.47. The molecule has 0 unspecified atom stereocenters. The van der Waals surface area contributed by atoms with Gasteiger partial charge in [-0.25, -0.2) is 4.39 Å². The number of amides is 1. The zero-order chi connectivity index (χ0) is 23.2. The lowest BCUT2D eigenvalue weighted by Crippen LogP contribution is -2.54. The smallest absolute Gasteiger partial charge is 0.219 e. The lowest BCUT2D eigenvalue weighted by atomic mass is 9.68. The number of nitrogens with one attached hydrogen (secondary N) is 1. The third-order valence-electron chi connectivity index (χ3n) is 7.48. The summed E-state index contributed by atoms with van der Waals surface area (Å²) in [6, 6.07) is 12.5. The number of hydrogen-bond acceptors (Lipinski definition) is 4. The molecule has 1 saturated heterocycles. The normalized spacial score (nSPS) is 20.2. The number of methoxy groups -OCH3 is 1. The largest absolute Gasteiger partial charge is 0.497 e. The number of aromatic amines is 1. The standard InChI is InChI=1S/C26H30FN3O3/c1-17(32)29-11-9-26(10-12-29)16-30(14-18-3-5-19(27)6-4-18)23(15-31)25-24(26)21-8-7-20(33-2)13-22(21)28-25/h3-8,13,23,28,31H,9-12,14-16H2,1-2H3/t23-/m1/s1. The molecule has 7 heteroatoms. The highest BCUT2D eigenvalue weighted by molar-refractivity contribution is 5.88. The number of aromatic nitrogens is 1. The van der Waals surface area contributed by atoms with Gasteiger partial charge in [-0.3, -0.25) is 9.69 Å². The molecule has 3 aromatic rings. The molecule has 174 valence electrons. The van der Waals surface area contributed by atoms with Crippen LogP contribution >= 0.6 is 0 Å². The molecule has 2 aromatic carbocycles. The van der Waals surface area contributed by atoms with Gasteiger partial charge in [0, 0.05) is 61.2 Å². The van der Waals surface area contributed by atoms with Crippen LogP contribution in [0, 0.1) is 5.82 Å². The third-order valence-corrected chi connectivity index (χ3v) is 7.48. The molecule has 33 heavy (non-hydrogen) atoms. The molecule has 0 radical (unpaired) electrons. The molecule has 2 aliphatic rings. The number of ether oxygens (including phenoxy) is 1. The summed E-state index contributed by atoms with van der Waals surface area (Å²) in [4.78, 5) is 19.8. The van der Waals surface area contributed by atoms with Gasteiger partial charge in [0.2, 0.25) is 5.91 Å². The van der Waals surface area contributed by atoms with E-state index in [9.17, 15) is 14.3 Å². The molecule has 2 aliphatic heterocycles. The number of nitrogens with zero attached hydrogens (tertiary/aromatic N) is 2. The summed E-state index contributed by atoms with van der Waals surface area (Å²) in [7, 11) is 1.66. The second-order valence-electron chi connectivity index (χ2n) is 9.34. The molecule has 0 aliphatic carbocycles. The van der Waals surface area contributed by atoms with E-state index in [1.807, 2.05) is 17.0 Å². The minimum Gasteiger partial charge on any atom is -0.497 e. The highest BCUT2D eigenvalue weighted by Crippen LogP contribution is 2.49. The minimum absolute atomic E-state index is 0.0200. The monoisotopic (exact) mass is 451 g/mol. The van der Waals surface area contributed by atoms with Crippen molar-refractivity contribution in [1.82, 2.24) is 14.8 Å². The van der Waals surface area contributed by atoms with Gasteiger partial charge in [0.25, 0.3) is 0 Å². The number of carbonyl (C=O) groups is 1. The Bertz CT molecular complexity index is 1170. The van der Waals surface area contributed by atoms with Gasteiger partial charge >= 0.3 is 0 Å².